The maximum Gasteiger partial charge on any atom is 0.329 e. The van der Waals surface area contributed by atoms with Crippen molar-refractivity contribution in [3.05, 3.63) is 0 Å². The van der Waals surface area contributed by atoms with E-state index in [1.54, 1.807) is 0 Å². The molecular formula is C3H6CuO3. The molecule has 0 aromatic rings. The monoisotopic (exact) mass is 153 g/mol. The Kier molecular flexibility index (Phi) is 8.53. The van der Waals surface area contributed by atoms with Crippen LogP contribution in [-0.2, 0) is 26.6 Å². The zero-order chi connectivity index (χ0) is 4.99. The second kappa shape index (κ2) is 5.95. The molecular weight excluding hydrogens is 148 g/mol. The number of hydrogen-bond donors (Lipinski definition) is 1. The van der Waals surface area contributed by atoms with Crippen LogP contribution in [-0.4, -0.2) is 24.8 Å². The molecule has 0 saturated carbocycles. The number of carboxylic acids is 1. The van der Waals surface area contributed by atoms with Crippen molar-refractivity contribution < 1.29 is 31.7 Å². The van der Waals surface area contributed by atoms with E-state index in [4.69, 9.17) is 5.11 Å². The van der Waals surface area contributed by atoms with Gasteiger partial charge in [0.2, 0.25) is 0 Å². The summed E-state index contributed by atoms with van der Waals surface area (Å²) in [7, 11) is 1.34. The van der Waals surface area contributed by atoms with E-state index >= 15 is 0 Å². The Morgan fingerprint density at radius 2 is 2.29 bits per heavy atom. The van der Waals surface area contributed by atoms with Gasteiger partial charge in [-0.1, -0.05) is 0 Å². The minimum absolute atomic E-state index is 0. The molecule has 0 fully saturated rings. The Balaban J connectivity index is 0. The van der Waals surface area contributed by atoms with E-state index in [2.05, 4.69) is 4.74 Å². The van der Waals surface area contributed by atoms with Crippen LogP contribution < -0.4 is 0 Å². The van der Waals surface area contributed by atoms with Crippen LogP contribution in [0.4, 0.5) is 0 Å². The first-order valence-corrected chi connectivity index (χ1v) is 1.48. The van der Waals surface area contributed by atoms with Crippen molar-refractivity contribution in [2.75, 3.05) is 13.7 Å². The Morgan fingerprint density at radius 1 is 1.86 bits per heavy atom. The summed E-state index contributed by atoms with van der Waals surface area (Å²) in [6.07, 6.45) is 0. The van der Waals surface area contributed by atoms with E-state index in [0.717, 1.165) is 0 Å². The molecule has 0 aliphatic rings. The number of methoxy groups -OCH3 is 1. The van der Waals surface area contributed by atoms with Crippen LogP contribution in [0.3, 0.4) is 0 Å². The molecule has 1 N–H and O–H groups in total. The van der Waals surface area contributed by atoms with Crippen LogP contribution in [0.1, 0.15) is 0 Å². The second-order valence-corrected chi connectivity index (χ2v) is 0.827. The van der Waals surface area contributed by atoms with E-state index in [0.29, 0.717) is 0 Å². The van der Waals surface area contributed by atoms with Crippen molar-refractivity contribution in [3.63, 3.8) is 0 Å². The van der Waals surface area contributed by atoms with Gasteiger partial charge in [0.1, 0.15) is 6.61 Å². The number of carboxylic acid groups (broad SMARTS) is 1. The van der Waals surface area contributed by atoms with E-state index in [1.807, 2.05) is 0 Å². The van der Waals surface area contributed by atoms with Crippen LogP contribution in [0, 0.1) is 0 Å². The minimum atomic E-state index is -0.933. The molecule has 0 bridgehead atoms. The van der Waals surface area contributed by atoms with Gasteiger partial charge < -0.3 is 9.84 Å². The summed E-state index contributed by atoms with van der Waals surface area (Å²) in [6.45, 7) is -0.208. The van der Waals surface area contributed by atoms with Gasteiger partial charge >= 0.3 is 5.97 Å². The fourth-order valence-corrected chi connectivity index (χ4v) is 0.123. The second-order valence-electron chi connectivity index (χ2n) is 0.827. The molecule has 3 nitrogen and oxygen atoms in total. The van der Waals surface area contributed by atoms with E-state index in [-0.39, 0.29) is 23.7 Å². The Labute approximate surface area is 52.1 Å². The number of hydrogen-bond acceptors (Lipinski definition) is 2. The van der Waals surface area contributed by atoms with Gasteiger partial charge in [-0.25, -0.2) is 4.79 Å². The van der Waals surface area contributed by atoms with Gasteiger partial charge in [0.05, 0.1) is 0 Å². The van der Waals surface area contributed by atoms with Crippen molar-refractivity contribution in [1.29, 1.82) is 0 Å². The molecule has 0 spiro atoms. The van der Waals surface area contributed by atoms with E-state index in [1.165, 1.54) is 7.11 Å². The van der Waals surface area contributed by atoms with Crippen LogP contribution in [0.5, 0.6) is 0 Å². The van der Waals surface area contributed by atoms with Gasteiger partial charge in [-0.15, -0.1) is 0 Å². The maximum absolute atomic E-state index is 9.47. The summed E-state index contributed by atoms with van der Waals surface area (Å²) in [5.74, 6) is -0.933. The first-order valence-electron chi connectivity index (χ1n) is 1.48. The Morgan fingerprint density at radius 3 is 2.29 bits per heavy atom. The third kappa shape index (κ3) is 10.7. The fraction of sp³-hybridized carbons (Fsp3) is 0.667. The molecule has 4 heteroatoms. The molecule has 1 radical (unpaired) electrons. The standard InChI is InChI=1S/C3H6O3.Cu/c1-6-2-3(4)5;/h2H2,1H3,(H,4,5);. The summed E-state index contributed by atoms with van der Waals surface area (Å²) < 4.78 is 4.20. The van der Waals surface area contributed by atoms with Crippen LogP contribution in [0.25, 0.3) is 0 Å². The predicted molar refractivity (Wildman–Crippen MR) is 19.5 cm³/mol. The van der Waals surface area contributed by atoms with Crippen LogP contribution in [0.15, 0.2) is 0 Å². The van der Waals surface area contributed by atoms with Crippen molar-refractivity contribution in [3.8, 4) is 0 Å². The van der Waals surface area contributed by atoms with Gasteiger partial charge in [0, 0.05) is 24.2 Å². The molecule has 0 saturated heterocycles. The first-order chi connectivity index (χ1) is 2.77. The average Bonchev–Trinajstić information content (AvgIpc) is 1.35. The van der Waals surface area contributed by atoms with Gasteiger partial charge in [0.15, 0.2) is 0 Å². The maximum atomic E-state index is 9.47. The van der Waals surface area contributed by atoms with Crippen molar-refractivity contribution in [2.24, 2.45) is 0 Å². The molecule has 0 unspecified atom stereocenters. The topological polar surface area (TPSA) is 46.5 Å². The smallest absolute Gasteiger partial charge is 0.329 e. The average molecular weight is 154 g/mol. The Bertz CT molecular complexity index is 54.1. The van der Waals surface area contributed by atoms with Gasteiger partial charge in [-0.2, -0.15) is 0 Å². The zero-order valence-corrected chi connectivity index (χ0v) is 4.71. The number of aliphatic carboxylic acids is 1. The third-order valence-electron chi connectivity index (χ3n) is 0.268. The fourth-order valence-electron chi connectivity index (χ4n) is 0.123. The van der Waals surface area contributed by atoms with Crippen molar-refractivity contribution >= 4 is 5.97 Å². The zero-order valence-electron chi connectivity index (χ0n) is 3.77. The predicted octanol–water partition coefficient (Wildman–Crippen LogP) is -0.285. The molecule has 0 aromatic carbocycles. The summed E-state index contributed by atoms with van der Waals surface area (Å²) in [5.41, 5.74) is 0. The SMILES string of the molecule is COCC(=O)O.[Cu]. The molecule has 0 atom stereocenters. The molecule has 47 valence electrons. The number of rotatable bonds is 2. The van der Waals surface area contributed by atoms with E-state index in [9.17, 15) is 4.79 Å². The quantitative estimate of drug-likeness (QED) is 0.555. The molecule has 7 heavy (non-hydrogen) atoms. The summed E-state index contributed by atoms with van der Waals surface area (Å²) in [4.78, 5) is 9.47. The molecule has 0 rings (SSSR count). The van der Waals surface area contributed by atoms with Gasteiger partial charge in [-0.3, -0.25) is 0 Å². The molecule has 0 aliphatic heterocycles. The largest absolute Gasteiger partial charge is 0.480 e. The van der Waals surface area contributed by atoms with Crippen LogP contribution >= 0.6 is 0 Å². The molecule has 0 aliphatic carbocycles. The van der Waals surface area contributed by atoms with E-state index < -0.39 is 5.97 Å². The third-order valence-corrected chi connectivity index (χ3v) is 0.268. The Hall–Kier alpha value is -0.0505. The molecule has 0 amide bonds. The van der Waals surface area contributed by atoms with Crippen molar-refractivity contribution in [1.82, 2.24) is 0 Å². The number of ether oxygens (including phenoxy) is 1. The van der Waals surface area contributed by atoms with Crippen LogP contribution in [0.2, 0.25) is 0 Å². The normalized spacial score (nSPS) is 7.00. The summed E-state index contributed by atoms with van der Waals surface area (Å²) in [6, 6.07) is 0. The minimum Gasteiger partial charge on any atom is -0.480 e. The van der Waals surface area contributed by atoms with Gasteiger partial charge in [0.25, 0.3) is 0 Å². The number of carbonyl (C=O) groups is 1. The summed E-state index contributed by atoms with van der Waals surface area (Å²) >= 11 is 0. The molecule has 0 aromatic heterocycles. The molecule has 0 heterocycles. The first kappa shape index (κ1) is 10.0. The van der Waals surface area contributed by atoms with Gasteiger partial charge in [-0.05, 0) is 0 Å². The van der Waals surface area contributed by atoms with Crippen molar-refractivity contribution in [2.45, 2.75) is 0 Å². The summed E-state index contributed by atoms with van der Waals surface area (Å²) in [5, 5.41) is 7.79.